The zero-order valence-electron chi connectivity index (χ0n) is 16.3. The predicted octanol–water partition coefficient (Wildman–Crippen LogP) is 3.83. The molecule has 154 valence electrons. The first kappa shape index (κ1) is 21.6. The second-order valence-corrected chi connectivity index (χ2v) is 8.19. The van der Waals surface area contributed by atoms with Crippen LogP contribution >= 0.6 is 23.2 Å². The van der Waals surface area contributed by atoms with Crippen molar-refractivity contribution in [2.24, 2.45) is 5.92 Å². The van der Waals surface area contributed by atoms with Gasteiger partial charge >= 0.3 is 0 Å². The Morgan fingerprint density at radius 3 is 2.72 bits per heavy atom. The van der Waals surface area contributed by atoms with E-state index in [1.165, 1.54) is 6.92 Å². The van der Waals surface area contributed by atoms with Crippen molar-refractivity contribution < 1.29 is 9.59 Å². The molecule has 0 saturated carbocycles. The highest BCUT2D eigenvalue weighted by Gasteiger charge is 2.27. The van der Waals surface area contributed by atoms with E-state index in [1.807, 2.05) is 30.3 Å². The van der Waals surface area contributed by atoms with Crippen molar-refractivity contribution >= 4 is 40.7 Å². The average Bonchev–Trinajstić information content (AvgIpc) is 3.19. The Bertz CT molecular complexity index is 882. The van der Waals surface area contributed by atoms with E-state index in [2.05, 4.69) is 16.0 Å². The predicted molar refractivity (Wildman–Crippen MR) is 118 cm³/mol. The fourth-order valence-electron chi connectivity index (χ4n) is 3.70. The molecule has 3 N–H and O–H groups in total. The van der Waals surface area contributed by atoms with Crippen molar-refractivity contribution in [2.45, 2.75) is 32.2 Å². The Morgan fingerprint density at radius 2 is 2.00 bits per heavy atom. The van der Waals surface area contributed by atoms with E-state index in [0.29, 0.717) is 28.1 Å². The largest absolute Gasteiger partial charge is 0.352 e. The van der Waals surface area contributed by atoms with Crippen LogP contribution in [0.3, 0.4) is 0 Å². The summed E-state index contributed by atoms with van der Waals surface area (Å²) in [6.07, 6.45) is 1.87. The number of hydrogen-bond acceptors (Lipinski definition) is 3. The van der Waals surface area contributed by atoms with Crippen molar-refractivity contribution in [3.8, 4) is 0 Å². The third-order valence-electron chi connectivity index (χ3n) is 5.10. The van der Waals surface area contributed by atoms with Crippen LogP contribution in [0, 0.1) is 5.92 Å². The summed E-state index contributed by atoms with van der Waals surface area (Å²) in [5, 5.41) is 10.4. The maximum Gasteiger partial charge on any atom is 0.224 e. The zero-order chi connectivity index (χ0) is 20.8. The molecule has 3 rings (SSSR count). The van der Waals surface area contributed by atoms with Gasteiger partial charge in [-0.25, -0.2) is 0 Å². The number of nitrogens with one attached hydrogen (secondary N) is 3. The molecular weight excluding hydrogens is 409 g/mol. The molecule has 0 aliphatic carbocycles. The van der Waals surface area contributed by atoms with E-state index >= 15 is 0 Å². The number of carbonyl (C=O) groups excluding carboxylic acids is 2. The number of anilines is 1. The lowest BCUT2D eigenvalue weighted by Crippen LogP contribution is -2.43. The maximum atomic E-state index is 12.8. The van der Waals surface area contributed by atoms with E-state index in [1.54, 1.807) is 12.1 Å². The minimum atomic E-state index is -0.140. The molecule has 0 spiro atoms. The third kappa shape index (κ3) is 6.20. The van der Waals surface area contributed by atoms with Gasteiger partial charge in [0.1, 0.15) is 0 Å². The molecule has 0 aromatic heterocycles. The Hall–Kier alpha value is -2.08. The molecule has 2 atom stereocenters. The van der Waals surface area contributed by atoms with Crippen LogP contribution in [-0.2, 0) is 22.4 Å². The number of benzene rings is 2. The molecule has 1 aliphatic heterocycles. The highest BCUT2D eigenvalue weighted by molar-refractivity contribution is 6.42. The Morgan fingerprint density at radius 1 is 1.21 bits per heavy atom. The number of amides is 2. The van der Waals surface area contributed by atoms with E-state index in [9.17, 15) is 9.59 Å². The molecule has 1 saturated heterocycles. The molecule has 0 radical (unpaired) electrons. The van der Waals surface area contributed by atoms with Gasteiger partial charge in [-0.2, -0.15) is 0 Å². The lowest BCUT2D eigenvalue weighted by atomic mass is 9.92. The lowest BCUT2D eigenvalue weighted by Gasteiger charge is -2.25. The van der Waals surface area contributed by atoms with Crippen molar-refractivity contribution in [1.82, 2.24) is 10.6 Å². The SMILES string of the molecule is CC(=O)Nc1cccc(CC(=O)NC(Cc2cccc(Cl)c2Cl)C2CCNC2)c1. The summed E-state index contributed by atoms with van der Waals surface area (Å²) in [7, 11) is 0. The molecule has 2 aromatic rings. The van der Waals surface area contributed by atoms with Crippen molar-refractivity contribution in [3.63, 3.8) is 0 Å². The molecule has 5 nitrogen and oxygen atoms in total. The van der Waals surface area contributed by atoms with Crippen molar-refractivity contribution in [3.05, 3.63) is 63.6 Å². The summed E-state index contributed by atoms with van der Waals surface area (Å²) in [6.45, 7) is 3.26. The van der Waals surface area contributed by atoms with Gasteiger partial charge in [0, 0.05) is 18.7 Å². The quantitative estimate of drug-likeness (QED) is 0.621. The van der Waals surface area contributed by atoms with Gasteiger partial charge in [0.15, 0.2) is 0 Å². The molecule has 2 amide bonds. The number of halogens is 2. The minimum absolute atomic E-state index is 0.0352. The number of rotatable bonds is 7. The van der Waals surface area contributed by atoms with Crippen LogP contribution in [0.15, 0.2) is 42.5 Å². The molecule has 1 aliphatic rings. The van der Waals surface area contributed by atoms with E-state index in [4.69, 9.17) is 23.2 Å². The molecule has 1 fully saturated rings. The van der Waals surface area contributed by atoms with Crippen molar-refractivity contribution in [1.29, 1.82) is 0 Å². The Kier molecular flexibility index (Phi) is 7.53. The highest BCUT2D eigenvalue weighted by atomic mass is 35.5. The first-order chi connectivity index (χ1) is 13.9. The molecule has 29 heavy (non-hydrogen) atoms. The van der Waals surface area contributed by atoms with Gasteiger partial charge in [-0.15, -0.1) is 0 Å². The van der Waals surface area contributed by atoms with Crippen molar-refractivity contribution in [2.75, 3.05) is 18.4 Å². The van der Waals surface area contributed by atoms with Gasteiger partial charge in [0.2, 0.25) is 11.8 Å². The first-order valence-electron chi connectivity index (χ1n) is 9.72. The van der Waals surface area contributed by atoms with Gasteiger partial charge in [0.05, 0.1) is 16.5 Å². The monoisotopic (exact) mass is 433 g/mol. The van der Waals surface area contributed by atoms with Crippen LogP contribution in [0.4, 0.5) is 5.69 Å². The van der Waals surface area contributed by atoms with E-state index in [-0.39, 0.29) is 24.3 Å². The lowest BCUT2D eigenvalue weighted by molar-refractivity contribution is -0.121. The van der Waals surface area contributed by atoms with Gasteiger partial charge in [-0.05, 0) is 61.2 Å². The number of hydrogen-bond donors (Lipinski definition) is 3. The molecule has 2 unspecified atom stereocenters. The van der Waals surface area contributed by atoms with Gasteiger partial charge < -0.3 is 16.0 Å². The molecule has 7 heteroatoms. The second kappa shape index (κ2) is 10.1. The van der Waals surface area contributed by atoms with Gasteiger partial charge in [-0.1, -0.05) is 47.5 Å². The van der Waals surface area contributed by atoms with Crippen LogP contribution in [-0.4, -0.2) is 30.9 Å². The Balaban J connectivity index is 1.70. The molecule has 0 bridgehead atoms. The molecule has 1 heterocycles. The Labute approximate surface area is 181 Å². The summed E-state index contributed by atoms with van der Waals surface area (Å²) in [5.74, 6) is 0.138. The minimum Gasteiger partial charge on any atom is -0.352 e. The average molecular weight is 434 g/mol. The normalized spacial score (nSPS) is 17.0. The highest BCUT2D eigenvalue weighted by Crippen LogP contribution is 2.28. The zero-order valence-corrected chi connectivity index (χ0v) is 17.8. The van der Waals surface area contributed by atoms with Crippen LogP contribution in [0.25, 0.3) is 0 Å². The summed E-state index contributed by atoms with van der Waals surface area (Å²) in [4.78, 5) is 24.0. The van der Waals surface area contributed by atoms with Crippen LogP contribution < -0.4 is 16.0 Å². The summed E-state index contributed by atoms with van der Waals surface area (Å²) >= 11 is 12.5. The smallest absolute Gasteiger partial charge is 0.224 e. The first-order valence-corrected chi connectivity index (χ1v) is 10.5. The van der Waals surface area contributed by atoms with E-state index in [0.717, 1.165) is 30.6 Å². The third-order valence-corrected chi connectivity index (χ3v) is 5.96. The number of carbonyl (C=O) groups is 2. The van der Waals surface area contributed by atoms with Crippen LogP contribution in [0.2, 0.25) is 10.0 Å². The van der Waals surface area contributed by atoms with Crippen LogP contribution in [0.1, 0.15) is 24.5 Å². The summed E-state index contributed by atoms with van der Waals surface area (Å²) in [5.41, 5.74) is 2.46. The second-order valence-electron chi connectivity index (χ2n) is 7.40. The van der Waals surface area contributed by atoms with Gasteiger partial charge in [0.25, 0.3) is 0 Å². The van der Waals surface area contributed by atoms with Crippen LogP contribution in [0.5, 0.6) is 0 Å². The molecular formula is C22H25Cl2N3O2. The molecule has 2 aromatic carbocycles. The standard InChI is InChI=1S/C22H25Cl2N3O2/c1-14(28)26-18-6-2-4-15(10-18)11-21(29)27-20(17-8-9-25-13-17)12-16-5-3-7-19(23)22(16)24/h2-7,10,17,20,25H,8-9,11-13H2,1H3,(H,26,28)(H,27,29). The van der Waals surface area contributed by atoms with Gasteiger partial charge in [-0.3, -0.25) is 9.59 Å². The summed E-state index contributed by atoms with van der Waals surface area (Å²) in [6, 6.07) is 12.9. The summed E-state index contributed by atoms with van der Waals surface area (Å²) < 4.78 is 0. The van der Waals surface area contributed by atoms with E-state index < -0.39 is 0 Å². The maximum absolute atomic E-state index is 12.8. The topological polar surface area (TPSA) is 70.2 Å². The fraction of sp³-hybridized carbons (Fsp3) is 0.364. The fourth-order valence-corrected chi connectivity index (χ4v) is 4.10.